The first kappa shape index (κ1) is 13.6. The zero-order valence-electron chi connectivity index (χ0n) is 11.8. The van der Waals surface area contributed by atoms with Crippen molar-refractivity contribution in [2.24, 2.45) is 5.73 Å². The molecule has 2 heterocycles. The van der Waals surface area contributed by atoms with Crippen molar-refractivity contribution in [1.82, 2.24) is 10.1 Å². The van der Waals surface area contributed by atoms with Crippen LogP contribution in [-0.4, -0.2) is 15.9 Å². The van der Waals surface area contributed by atoms with Gasteiger partial charge in [-0.15, -0.1) is 11.8 Å². The van der Waals surface area contributed by atoms with Crippen molar-refractivity contribution in [3.8, 4) is 0 Å². The Bertz CT molecular complexity index is 607. The number of nitrogens with two attached hydrogens (primary N) is 1. The van der Waals surface area contributed by atoms with E-state index in [0.717, 1.165) is 18.6 Å². The van der Waals surface area contributed by atoms with Crippen LogP contribution in [0.3, 0.4) is 0 Å². The van der Waals surface area contributed by atoms with E-state index in [1.54, 1.807) is 0 Å². The van der Waals surface area contributed by atoms with E-state index in [4.69, 9.17) is 10.3 Å². The Labute approximate surface area is 123 Å². The Morgan fingerprint density at radius 2 is 2.10 bits per heavy atom. The van der Waals surface area contributed by atoms with Gasteiger partial charge in [-0.25, -0.2) is 0 Å². The van der Waals surface area contributed by atoms with Gasteiger partial charge in [-0.2, -0.15) is 4.98 Å². The topological polar surface area (TPSA) is 64.9 Å². The molecule has 0 radical (unpaired) electrons. The summed E-state index contributed by atoms with van der Waals surface area (Å²) in [5, 5.41) is 4.13. The lowest BCUT2D eigenvalue weighted by molar-refractivity contribution is 0.332. The maximum Gasteiger partial charge on any atom is 0.235 e. The highest BCUT2D eigenvalue weighted by Gasteiger charge is 2.33. The third-order valence-corrected chi connectivity index (χ3v) is 5.33. The average Bonchev–Trinajstić information content (AvgIpc) is 3.12. The molecule has 1 aliphatic rings. The van der Waals surface area contributed by atoms with Gasteiger partial charge in [0.05, 0.1) is 11.5 Å². The molecule has 20 heavy (non-hydrogen) atoms. The summed E-state index contributed by atoms with van der Waals surface area (Å²) in [6.45, 7) is 4.11. The predicted octanol–water partition coefficient (Wildman–Crippen LogP) is 3.28. The van der Waals surface area contributed by atoms with Crippen LogP contribution in [0.4, 0.5) is 0 Å². The van der Waals surface area contributed by atoms with Gasteiger partial charge in [0.15, 0.2) is 5.82 Å². The van der Waals surface area contributed by atoms with Gasteiger partial charge in [-0.05, 0) is 24.5 Å². The van der Waals surface area contributed by atoms with E-state index >= 15 is 0 Å². The zero-order valence-corrected chi connectivity index (χ0v) is 12.6. The molecule has 2 N–H and O–H groups in total. The smallest absolute Gasteiger partial charge is 0.235 e. The molecule has 1 atom stereocenters. The van der Waals surface area contributed by atoms with E-state index in [1.807, 2.05) is 11.8 Å². The van der Waals surface area contributed by atoms with Gasteiger partial charge in [0.2, 0.25) is 5.89 Å². The molecule has 2 aromatic rings. The SMILES string of the molecule is CCC(N)(CC)c1noc(C2CSc3ccccc32)n1. The second-order valence-corrected chi connectivity index (χ2v) is 6.28. The third kappa shape index (κ3) is 2.15. The van der Waals surface area contributed by atoms with Gasteiger partial charge < -0.3 is 10.3 Å². The minimum atomic E-state index is -0.479. The molecule has 1 aromatic heterocycles. The fraction of sp³-hybridized carbons (Fsp3) is 0.467. The second kappa shape index (κ2) is 5.22. The molecule has 1 aromatic carbocycles. The van der Waals surface area contributed by atoms with Gasteiger partial charge in [-0.1, -0.05) is 37.2 Å². The first-order chi connectivity index (χ1) is 9.68. The molecule has 0 bridgehead atoms. The molecule has 1 aliphatic heterocycles. The molecule has 0 spiro atoms. The van der Waals surface area contributed by atoms with E-state index in [-0.39, 0.29) is 5.92 Å². The molecule has 106 valence electrons. The maximum absolute atomic E-state index is 6.33. The lowest BCUT2D eigenvalue weighted by atomic mass is 9.93. The van der Waals surface area contributed by atoms with Crippen molar-refractivity contribution in [1.29, 1.82) is 0 Å². The summed E-state index contributed by atoms with van der Waals surface area (Å²) in [6, 6.07) is 8.40. The fourth-order valence-corrected chi connectivity index (χ4v) is 3.73. The van der Waals surface area contributed by atoms with E-state index in [2.05, 4.69) is 48.3 Å². The first-order valence-electron chi connectivity index (χ1n) is 7.02. The Kier molecular flexibility index (Phi) is 3.56. The van der Waals surface area contributed by atoms with E-state index in [9.17, 15) is 0 Å². The van der Waals surface area contributed by atoms with Crippen molar-refractivity contribution in [2.75, 3.05) is 5.75 Å². The molecule has 0 amide bonds. The number of fused-ring (bicyclic) bond motifs is 1. The number of hydrogen-bond donors (Lipinski definition) is 1. The van der Waals surface area contributed by atoms with Gasteiger partial charge in [0.1, 0.15) is 0 Å². The van der Waals surface area contributed by atoms with E-state index in [1.165, 1.54) is 10.5 Å². The Balaban J connectivity index is 1.92. The summed E-state index contributed by atoms with van der Waals surface area (Å²) in [4.78, 5) is 5.90. The van der Waals surface area contributed by atoms with E-state index in [0.29, 0.717) is 11.7 Å². The van der Waals surface area contributed by atoms with Crippen molar-refractivity contribution < 1.29 is 4.52 Å². The standard InChI is InChI=1S/C15H19N3OS/c1-3-15(16,4-2)14-17-13(19-18-14)11-9-20-12-8-6-5-7-10(11)12/h5-8,11H,3-4,9,16H2,1-2H3. The number of aromatic nitrogens is 2. The molecule has 0 aliphatic carbocycles. The first-order valence-corrected chi connectivity index (χ1v) is 8.01. The zero-order chi connectivity index (χ0) is 14.2. The lowest BCUT2D eigenvalue weighted by Gasteiger charge is -2.21. The van der Waals surface area contributed by atoms with Gasteiger partial charge in [0, 0.05) is 10.6 Å². The minimum absolute atomic E-state index is 0.190. The maximum atomic E-state index is 6.33. The highest BCUT2D eigenvalue weighted by Crippen LogP contribution is 2.42. The molecule has 0 saturated carbocycles. The molecule has 5 heteroatoms. The van der Waals surface area contributed by atoms with Crippen LogP contribution in [0.2, 0.25) is 0 Å². The summed E-state index contributed by atoms with van der Waals surface area (Å²) in [6.07, 6.45) is 1.61. The molecular formula is C15H19N3OS. The third-order valence-electron chi connectivity index (χ3n) is 4.15. The lowest BCUT2D eigenvalue weighted by Crippen LogP contribution is -2.36. The molecule has 1 unspecified atom stereocenters. The number of nitrogens with zero attached hydrogens (tertiary/aromatic N) is 2. The normalized spacial score (nSPS) is 18.2. The van der Waals surface area contributed by atoms with Crippen molar-refractivity contribution >= 4 is 11.8 Å². The highest BCUT2D eigenvalue weighted by atomic mass is 32.2. The summed E-state index contributed by atoms with van der Waals surface area (Å²) >= 11 is 1.84. The summed E-state index contributed by atoms with van der Waals surface area (Å²) < 4.78 is 5.50. The fourth-order valence-electron chi connectivity index (χ4n) is 2.51. The largest absolute Gasteiger partial charge is 0.339 e. The second-order valence-electron chi connectivity index (χ2n) is 5.22. The number of rotatable bonds is 4. The number of benzene rings is 1. The molecule has 0 fully saturated rings. The van der Waals surface area contributed by atoms with Gasteiger partial charge in [0.25, 0.3) is 0 Å². The Hall–Kier alpha value is -1.33. The quantitative estimate of drug-likeness (QED) is 0.935. The Morgan fingerprint density at radius 3 is 2.85 bits per heavy atom. The Morgan fingerprint density at radius 1 is 1.35 bits per heavy atom. The monoisotopic (exact) mass is 289 g/mol. The van der Waals surface area contributed by atoms with Gasteiger partial charge >= 0.3 is 0 Å². The highest BCUT2D eigenvalue weighted by molar-refractivity contribution is 7.99. The van der Waals surface area contributed by atoms with Crippen molar-refractivity contribution in [2.45, 2.75) is 43.0 Å². The predicted molar refractivity (Wildman–Crippen MR) is 79.8 cm³/mol. The molecular weight excluding hydrogens is 270 g/mol. The van der Waals surface area contributed by atoms with Crippen LogP contribution in [0.1, 0.15) is 49.9 Å². The van der Waals surface area contributed by atoms with Crippen LogP contribution in [-0.2, 0) is 5.54 Å². The van der Waals surface area contributed by atoms with Crippen LogP contribution in [0.15, 0.2) is 33.7 Å². The average molecular weight is 289 g/mol. The molecule has 4 nitrogen and oxygen atoms in total. The summed E-state index contributed by atoms with van der Waals surface area (Å²) in [5.41, 5.74) is 7.14. The number of hydrogen-bond acceptors (Lipinski definition) is 5. The van der Waals surface area contributed by atoms with Crippen molar-refractivity contribution in [3.63, 3.8) is 0 Å². The molecule has 0 saturated heterocycles. The van der Waals surface area contributed by atoms with Crippen molar-refractivity contribution in [3.05, 3.63) is 41.5 Å². The van der Waals surface area contributed by atoms with Crippen LogP contribution in [0.5, 0.6) is 0 Å². The van der Waals surface area contributed by atoms with Crippen LogP contribution in [0.25, 0.3) is 0 Å². The van der Waals surface area contributed by atoms with Crippen LogP contribution >= 0.6 is 11.8 Å². The van der Waals surface area contributed by atoms with Crippen LogP contribution < -0.4 is 5.73 Å². The van der Waals surface area contributed by atoms with Crippen LogP contribution in [0, 0.1) is 0 Å². The molecule has 3 rings (SSSR count). The summed E-state index contributed by atoms with van der Waals surface area (Å²) in [7, 11) is 0. The van der Waals surface area contributed by atoms with E-state index < -0.39 is 5.54 Å². The van der Waals surface area contributed by atoms with Gasteiger partial charge in [-0.3, -0.25) is 0 Å². The minimum Gasteiger partial charge on any atom is -0.339 e. The number of thioether (sulfide) groups is 1. The summed E-state index contributed by atoms with van der Waals surface area (Å²) in [5.74, 6) is 2.47.